The molecule has 1 atom stereocenters. The van der Waals surface area contributed by atoms with Crippen LogP contribution in [0.1, 0.15) is 30.9 Å². The minimum Gasteiger partial charge on any atom is -0.381 e. The van der Waals surface area contributed by atoms with Gasteiger partial charge in [-0.2, -0.15) is 0 Å². The van der Waals surface area contributed by atoms with Crippen LogP contribution in [0.15, 0.2) is 18.2 Å². The molecule has 112 valence electrons. The van der Waals surface area contributed by atoms with E-state index in [1.807, 2.05) is 0 Å². The number of anilines is 1. The Hall–Kier alpha value is -1.06. The van der Waals surface area contributed by atoms with Crippen LogP contribution in [0.2, 0.25) is 0 Å². The summed E-state index contributed by atoms with van der Waals surface area (Å²) < 4.78 is 5.58. The zero-order valence-corrected chi connectivity index (χ0v) is 13.1. The Bertz CT molecular complexity index is 413. The molecule has 1 fully saturated rings. The average molecular weight is 276 g/mol. The van der Waals surface area contributed by atoms with E-state index in [2.05, 4.69) is 49.3 Å². The second-order valence-corrected chi connectivity index (χ2v) is 5.86. The Labute approximate surface area is 123 Å². The van der Waals surface area contributed by atoms with Crippen molar-refractivity contribution in [1.82, 2.24) is 5.32 Å². The third kappa shape index (κ3) is 4.22. The fraction of sp³-hybridized carbons (Fsp3) is 0.647. The Balaban J connectivity index is 1.96. The molecular formula is C17H28N2O. The molecule has 1 aliphatic rings. The third-order valence-corrected chi connectivity index (χ3v) is 4.04. The molecular weight excluding hydrogens is 248 g/mol. The lowest BCUT2D eigenvalue weighted by atomic mass is 10.0. The first-order valence-corrected chi connectivity index (χ1v) is 7.79. The van der Waals surface area contributed by atoms with Gasteiger partial charge < -0.3 is 15.0 Å². The smallest absolute Gasteiger partial charge is 0.0511 e. The summed E-state index contributed by atoms with van der Waals surface area (Å²) in [4.78, 5) is 2.38. The lowest BCUT2D eigenvalue weighted by Crippen LogP contribution is -2.31. The maximum Gasteiger partial charge on any atom is 0.0511 e. The zero-order valence-electron chi connectivity index (χ0n) is 13.1. The number of aryl methyl sites for hydroxylation is 1. The molecule has 1 aromatic carbocycles. The predicted molar refractivity (Wildman–Crippen MR) is 85.4 cm³/mol. The fourth-order valence-corrected chi connectivity index (χ4v) is 2.96. The largest absolute Gasteiger partial charge is 0.381 e. The van der Waals surface area contributed by atoms with Gasteiger partial charge in [0.2, 0.25) is 0 Å². The van der Waals surface area contributed by atoms with Gasteiger partial charge >= 0.3 is 0 Å². The maximum atomic E-state index is 5.58. The van der Waals surface area contributed by atoms with Crippen molar-refractivity contribution >= 4 is 5.69 Å². The van der Waals surface area contributed by atoms with Crippen molar-refractivity contribution in [3.8, 4) is 0 Å². The normalized spacial score (nSPS) is 19.1. The van der Waals surface area contributed by atoms with E-state index < -0.39 is 0 Å². The summed E-state index contributed by atoms with van der Waals surface area (Å²) in [6.07, 6.45) is 2.50. The number of nitrogens with zero attached hydrogens (tertiary/aromatic N) is 1. The van der Waals surface area contributed by atoms with Gasteiger partial charge in [-0.05, 0) is 49.4 Å². The third-order valence-electron chi connectivity index (χ3n) is 4.04. The molecule has 0 bridgehead atoms. The quantitative estimate of drug-likeness (QED) is 0.864. The lowest BCUT2D eigenvalue weighted by Gasteiger charge is -2.29. The Morgan fingerprint density at radius 1 is 1.40 bits per heavy atom. The summed E-state index contributed by atoms with van der Waals surface area (Å²) in [5.74, 6) is 0.676. The molecule has 1 heterocycles. The number of rotatable bonds is 6. The van der Waals surface area contributed by atoms with Crippen molar-refractivity contribution in [1.29, 1.82) is 0 Å². The maximum absolute atomic E-state index is 5.58. The molecule has 0 aliphatic carbocycles. The van der Waals surface area contributed by atoms with Crippen molar-refractivity contribution in [2.75, 3.05) is 38.3 Å². The van der Waals surface area contributed by atoms with Crippen LogP contribution in [0.25, 0.3) is 0 Å². The van der Waals surface area contributed by atoms with Gasteiger partial charge in [0.05, 0.1) is 6.61 Å². The predicted octanol–water partition coefficient (Wildman–Crippen LogP) is 2.97. The molecule has 0 aromatic heterocycles. The standard InChI is InChI=1S/C17H28N2O/c1-4-18-11-15-7-8-17(14(2)10-15)19(3)12-16-6-5-9-20-13-16/h7-8,10,16,18H,4-6,9,11-13H2,1-3H3. The Kier molecular flexibility index (Phi) is 5.86. The molecule has 0 spiro atoms. The number of ether oxygens (including phenoxy) is 1. The van der Waals surface area contributed by atoms with Crippen LogP contribution in [-0.2, 0) is 11.3 Å². The van der Waals surface area contributed by atoms with Crippen LogP contribution in [-0.4, -0.2) is 33.4 Å². The van der Waals surface area contributed by atoms with Gasteiger partial charge in [0.1, 0.15) is 0 Å². The summed E-state index contributed by atoms with van der Waals surface area (Å²) in [6.45, 7) is 9.27. The zero-order chi connectivity index (χ0) is 14.4. The summed E-state index contributed by atoms with van der Waals surface area (Å²) in [6, 6.07) is 6.79. The molecule has 1 aromatic rings. The summed E-state index contributed by atoms with van der Waals surface area (Å²) in [5, 5.41) is 3.38. The summed E-state index contributed by atoms with van der Waals surface area (Å²) in [7, 11) is 2.20. The van der Waals surface area contributed by atoms with Crippen LogP contribution in [0, 0.1) is 12.8 Å². The van der Waals surface area contributed by atoms with Gasteiger partial charge in [0.15, 0.2) is 0 Å². The highest BCUT2D eigenvalue weighted by Crippen LogP contribution is 2.23. The number of hydrogen-bond donors (Lipinski definition) is 1. The minimum atomic E-state index is 0.676. The van der Waals surface area contributed by atoms with Gasteiger partial charge in [0.25, 0.3) is 0 Å². The molecule has 20 heavy (non-hydrogen) atoms. The number of benzene rings is 1. The van der Waals surface area contributed by atoms with Gasteiger partial charge in [-0.15, -0.1) is 0 Å². The van der Waals surface area contributed by atoms with E-state index in [9.17, 15) is 0 Å². The second kappa shape index (κ2) is 7.65. The van der Waals surface area contributed by atoms with Crippen LogP contribution in [0.3, 0.4) is 0 Å². The number of hydrogen-bond acceptors (Lipinski definition) is 3. The highest BCUT2D eigenvalue weighted by Gasteiger charge is 2.16. The van der Waals surface area contributed by atoms with Crippen LogP contribution in [0.4, 0.5) is 5.69 Å². The minimum absolute atomic E-state index is 0.676. The molecule has 1 unspecified atom stereocenters. The SMILES string of the molecule is CCNCc1ccc(N(C)CC2CCCOC2)c(C)c1. The van der Waals surface area contributed by atoms with Crippen molar-refractivity contribution in [2.24, 2.45) is 5.92 Å². The summed E-state index contributed by atoms with van der Waals surface area (Å²) >= 11 is 0. The van der Waals surface area contributed by atoms with Gasteiger partial charge in [-0.25, -0.2) is 0 Å². The highest BCUT2D eigenvalue weighted by atomic mass is 16.5. The second-order valence-electron chi connectivity index (χ2n) is 5.86. The average Bonchev–Trinajstić information content (AvgIpc) is 2.46. The van der Waals surface area contributed by atoms with Crippen molar-refractivity contribution in [2.45, 2.75) is 33.2 Å². The first-order valence-electron chi connectivity index (χ1n) is 7.79. The van der Waals surface area contributed by atoms with Crippen LogP contribution in [0.5, 0.6) is 0 Å². The van der Waals surface area contributed by atoms with E-state index in [1.54, 1.807) is 0 Å². The molecule has 0 amide bonds. The molecule has 3 nitrogen and oxygen atoms in total. The van der Waals surface area contributed by atoms with Gasteiger partial charge in [0, 0.05) is 32.4 Å². The van der Waals surface area contributed by atoms with E-state index in [4.69, 9.17) is 4.74 Å². The monoisotopic (exact) mass is 276 g/mol. The molecule has 1 N–H and O–H groups in total. The lowest BCUT2D eigenvalue weighted by molar-refractivity contribution is 0.0576. The first kappa shape index (κ1) is 15.3. The van der Waals surface area contributed by atoms with E-state index in [-0.39, 0.29) is 0 Å². The Morgan fingerprint density at radius 2 is 2.25 bits per heavy atom. The first-order chi connectivity index (χ1) is 9.70. The van der Waals surface area contributed by atoms with Gasteiger partial charge in [-0.1, -0.05) is 19.1 Å². The molecule has 3 heteroatoms. The van der Waals surface area contributed by atoms with Crippen molar-refractivity contribution < 1.29 is 4.74 Å². The van der Waals surface area contributed by atoms with E-state index in [1.165, 1.54) is 29.7 Å². The van der Waals surface area contributed by atoms with Crippen molar-refractivity contribution in [3.63, 3.8) is 0 Å². The van der Waals surface area contributed by atoms with Crippen LogP contribution >= 0.6 is 0 Å². The van der Waals surface area contributed by atoms with Crippen LogP contribution < -0.4 is 10.2 Å². The summed E-state index contributed by atoms with van der Waals surface area (Å²) in [5.41, 5.74) is 4.07. The van der Waals surface area contributed by atoms with Crippen molar-refractivity contribution in [3.05, 3.63) is 29.3 Å². The fourth-order valence-electron chi connectivity index (χ4n) is 2.96. The van der Waals surface area contributed by atoms with E-state index in [0.29, 0.717) is 5.92 Å². The van der Waals surface area contributed by atoms with E-state index >= 15 is 0 Å². The van der Waals surface area contributed by atoms with Gasteiger partial charge in [-0.3, -0.25) is 0 Å². The molecule has 0 radical (unpaired) electrons. The number of nitrogens with one attached hydrogen (secondary N) is 1. The highest BCUT2D eigenvalue weighted by molar-refractivity contribution is 5.54. The molecule has 1 saturated heterocycles. The van der Waals surface area contributed by atoms with E-state index in [0.717, 1.165) is 32.8 Å². The Morgan fingerprint density at radius 3 is 2.90 bits per heavy atom. The topological polar surface area (TPSA) is 24.5 Å². The molecule has 0 saturated carbocycles. The molecule has 2 rings (SSSR count). The molecule has 1 aliphatic heterocycles.